The Morgan fingerprint density at radius 2 is 1.72 bits per heavy atom. The highest BCUT2D eigenvalue weighted by Crippen LogP contribution is 2.37. The molecule has 1 aliphatic rings. The molecular formula is C25H22Cl3N3O. The summed E-state index contributed by atoms with van der Waals surface area (Å²) in [5.74, 6) is 0.740. The summed E-state index contributed by atoms with van der Waals surface area (Å²) in [6, 6.07) is 19.3. The highest BCUT2D eigenvalue weighted by Gasteiger charge is 2.30. The van der Waals surface area contributed by atoms with Gasteiger partial charge in [-0.2, -0.15) is 0 Å². The zero-order valence-corrected chi connectivity index (χ0v) is 19.8. The normalized spacial score (nSPS) is 16.6. The van der Waals surface area contributed by atoms with E-state index in [0.29, 0.717) is 20.8 Å². The van der Waals surface area contributed by atoms with E-state index in [-0.39, 0.29) is 6.04 Å². The smallest absolute Gasteiger partial charge is 0.190 e. The average molecular weight is 487 g/mol. The van der Waals surface area contributed by atoms with Gasteiger partial charge in [0.25, 0.3) is 0 Å². The van der Waals surface area contributed by atoms with Crippen LogP contribution in [0.1, 0.15) is 17.2 Å². The van der Waals surface area contributed by atoms with Gasteiger partial charge in [0.1, 0.15) is 5.75 Å². The van der Waals surface area contributed by atoms with E-state index in [1.54, 1.807) is 19.2 Å². The van der Waals surface area contributed by atoms with Gasteiger partial charge in [-0.1, -0.05) is 59.1 Å². The molecule has 0 bridgehead atoms. The molecule has 32 heavy (non-hydrogen) atoms. The minimum absolute atomic E-state index is 0.0909. The highest BCUT2D eigenvalue weighted by molar-refractivity contribution is 6.36. The topological polar surface area (TPSA) is 20.1 Å². The van der Waals surface area contributed by atoms with Gasteiger partial charge in [-0.05, 0) is 42.0 Å². The monoisotopic (exact) mass is 485 g/mol. The van der Waals surface area contributed by atoms with Crippen molar-refractivity contribution < 1.29 is 4.74 Å². The number of benzene rings is 3. The van der Waals surface area contributed by atoms with Crippen LogP contribution in [0, 0.1) is 6.57 Å². The van der Waals surface area contributed by atoms with Gasteiger partial charge >= 0.3 is 0 Å². The molecule has 0 unspecified atom stereocenters. The zero-order chi connectivity index (χ0) is 22.7. The molecule has 4 rings (SSSR count). The molecule has 1 fully saturated rings. The van der Waals surface area contributed by atoms with E-state index in [9.17, 15) is 0 Å². The van der Waals surface area contributed by atoms with Gasteiger partial charge in [0, 0.05) is 41.8 Å². The quantitative estimate of drug-likeness (QED) is 0.354. The van der Waals surface area contributed by atoms with Crippen molar-refractivity contribution in [1.29, 1.82) is 0 Å². The van der Waals surface area contributed by atoms with E-state index in [2.05, 4.69) is 26.8 Å². The molecule has 0 radical (unpaired) electrons. The molecule has 0 aromatic heterocycles. The summed E-state index contributed by atoms with van der Waals surface area (Å²) in [6.45, 7) is 10.4. The van der Waals surface area contributed by atoms with Crippen molar-refractivity contribution in [2.75, 3.05) is 31.6 Å². The highest BCUT2D eigenvalue weighted by atomic mass is 35.5. The second-order valence-corrected chi connectivity index (χ2v) is 8.98. The molecule has 0 amide bonds. The Balaban J connectivity index is 1.63. The molecular weight excluding hydrogens is 465 g/mol. The number of methoxy groups -OCH3 is 1. The fraction of sp³-hybridized carbons (Fsp3) is 0.240. The molecule has 0 N–H and O–H groups in total. The van der Waals surface area contributed by atoms with E-state index in [0.717, 1.165) is 43.2 Å². The third-order valence-electron chi connectivity index (χ3n) is 5.73. The van der Waals surface area contributed by atoms with Crippen LogP contribution in [0.5, 0.6) is 5.75 Å². The summed E-state index contributed by atoms with van der Waals surface area (Å²) >= 11 is 18.9. The van der Waals surface area contributed by atoms with Crippen LogP contribution in [0.3, 0.4) is 0 Å². The third kappa shape index (κ3) is 4.98. The number of hydrogen-bond acceptors (Lipinski definition) is 3. The predicted octanol–water partition coefficient (Wildman–Crippen LogP) is 7.27. The van der Waals surface area contributed by atoms with Gasteiger partial charge in [-0.3, -0.25) is 4.90 Å². The van der Waals surface area contributed by atoms with Gasteiger partial charge in [0.2, 0.25) is 0 Å². The molecule has 1 aliphatic heterocycles. The number of piperazine rings is 1. The Hall–Kier alpha value is -2.42. The predicted molar refractivity (Wildman–Crippen MR) is 133 cm³/mol. The Bertz CT molecular complexity index is 1140. The minimum Gasteiger partial charge on any atom is -0.498 e. The molecule has 3 aromatic rings. The van der Waals surface area contributed by atoms with Crippen LogP contribution >= 0.6 is 34.8 Å². The molecule has 0 aliphatic carbocycles. The first kappa shape index (κ1) is 22.8. The Labute approximate surface area is 203 Å². The summed E-state index contributed by atoms with van der Waals surface area (Å²) in [7, 11) is 1.64. The van der Waals surface area contributed by atoms with Crippen LogP contribution in [0.15, 0.2) is 60.7 Å². The number of rotatable bonds is 5. The molecule has 7 heteroatoms. The Morgan fingerprint density at radius 3 is 2.41 bits per heavy atom. The van der Waals surface area contributed by atoms with Gasteiger partial charge in [-0.15, -0.1) is 0 Å². The van der Waals surface area contributed by atoms with Gasteiger partial charge in [0.05, 0.1) is 30.4 Å². The molecule has 4 nitrogen and oxygen atoms in total. The van der Waals surface area contributed by atoms with Crippen molar-refractivity contribution >= 4 is 46.2 Å². The second kappa shape index (κ2) is 10.0. The summed E-state index contributed by atoms with van der Waals surface area (Å²) in [5.41, 5.74) is 3.77. The van der Waals surface area contributed by atoms with Crippen molar-refractivity contribution in [3.8, 4) is 5.75 Å². The number of anilines is 1. The van der Waals surface area contributed by atoms with Crippen molar-refractivity contribution in [1.82, 2.24) is 4.90 Å². The average Bonchev–Trinajstić information content (AvgIpc) is 2.80. The van der Waals surface area contributed by atoms with Crippen molar-refractivity contribution in [3.05, 3.63) is 98.3 Å². The number of halogens is 3. The first-order valence-corrected chi connectivity index (χ1v) is 11.4. The molecule has 1 heterocycles. The summed E-state index contributed by atoms with van der Waals surface area (Å²) < 4.78 is 5.55. The fourth-order valence-corrected chi connectivity index (χ4v) is 4.77. The molecule has 0 saturated carbocycles. The van der Waals surface area contributed by atoms with E-state index in [1.165, 1.54) is 5.56 Å². The van der Waals surface area contributed by atoms with Crippen LogP contribution in [-0.2, 0) is 6.54 Å². The number of nitrogens with zero attached hydrogens (tertiary/aromatic N) is 3. The van der Waals surface area contributed by atoms with Crippen LogP contribution in [0.4, 0.5) is 11.4 Å². The standard InChI is InChI=1S/C25H22Cl3N3O/c1-29-21-9-5-18(25(14-21)32-2)15-30-11-12-31(23-10-8-20(27)13-22(23)28)24(16-30)17-3-6-19(26)7-4-17/h3-10,13-14,24H,11-12,15-16H2,2H3/t24-/m0/s1. The fourth-order valence-electron chi connectivity index (χ4n) is 4.13. The van der Waals surface area contributed by atoms with Crippen LogP contribution < -0.4 is 9.64 Å². The van der Waals surface area contributed by atoms with Crippen molar-refractivity contribution in [2.45, 2.75) is 12.6 Å². The summed E-state index contributed by atoms with van der Waals surface area (Å²) in [5, 5.41) is 1.97. The number of hydrogen-bond donors (Lipinski definition) is 0. The van der Waals surface area contributed by atoms with Crippen LogP contribution in [-0.4, -0.2) is 31.6 Å². The Kier molecular flexibility index (Phi) is 7.13. The van der Waals surface area contributed by atoms with Crippen LogP contribution in [0.25, 0.3) is 4.85 Å². The summed E-state index contributed by atoms with van der Waals surface area (Å²) in [4.78, 5) is 8.23. The maximum Gasteiger partial charge on any atom is 0.190 e. The van der Waals surface area contributed by atoms with E-state index >= 15 is 0 Å². The second-order valence-electron chi connectivity index (χ2n) is 7.70. The van der Waals surface area contributed by atoms with Crippen molar-refractivity contribution in [3.63, 3.8) is 0 Å². The largest absolute Gasteiger partial charge is 0.498 e. The van der Waals surface area contributed by atoms with Crippen LogP contribution in [0.2, 0.25) is 15.1 Å². The zero-order valence-electron chi connectivity index (χ0n) is 17.6. The lowest BCUT2D eigenvalue weighted by Crippen LogP contribution is -2.48. The minimum atomic E-state index is 0.0909. The first-order chi connectivity index (χ1) is 15.5. The summed E-state index contributed by atoms with van der Waals surface area (Å²) in [6.07, 6.45) is 0. The maximum atomic E-state index is 7.24. The maximum absolute atomic E-state index is 7.24. The van der Waals surface area contributed by atoms with Gasteiger partial charge in [-0.25, -0.2) is 4.85 Å². The molecule has 1 atom stereocenters. The van der Waals surface area contributed by atoms with Gasteiger partial charge in [0.15, 0.2) is 5.69 Å². The molecule has 164 valence electrons. The third-order valence-corrected chi connectivity index (χ3v) is 6.52. The van der Waals surface area contributed by atoms with E-state index in [1.807, 2.05) is 36.4 Å². The molecule has 0 spiro atoms. The Morgan fingerprint density at radius 1 is 0.969 bits per heavy atom. The number of ether oxygens (including phenoxy) is 1. The van der Waals surface area contributed by atoms with Crippen molar-refractivity contribution in [2.24, 2.45) is 0 Å². The lowest BCUT2D eigenvalue weighted by atomic mass is 10.0. The molecule has 1 saturated heterocycles. The lowest BCUT2D eigenvalue weighted by Gasteiger charge is -2.43. The van der Waals surface area contributed by atoms with Gasteiger partial charge < -0.3 is 9.64 Å². The van der Waals surface area contributed by atoms with E-state index < -0.39 is 0 Å². The SMILES string of the molecule is [C-]#[N+]c1ccc(CN2CCN(c3ccc(Cl)cc3Cl)[C@H](c3ccc(Cl)cc3)C2)c(OC)c1. The first-order valence-electron chi connectivity index (χ1n) is 10.2. The molecule has 3 aromatic carbocycles. The lowest BCUT2D eigenvalue weighted by molar-refractivity contribution is 0.213. The van der Waals surface area contributed by atoms with E-state index in [4.69, 9.17) is 46.1 Å².